The summed E-state index contributed by atoms with van der Waals surface area (Å²) in [5.74, 6) is 0.182. The summed E-state index contributed by atoms with van der Waals surface area (Å²) in [7, 11) is 3.49. The molecule has 1 heterocycles. The van der Waals surface area contributed by atoms with Gasteiger partial charge in [-0.2, -0.15) is 13.2 Å². The predicted octanol–water partition coefficient (Wildman–Crippen LogP) is 2.03. The van der Waals surface area contributed by atoms with Gasteiger partial charge in [0.15, 0.2) is 11.5 Å². The number of nitrogens with zero attached hydrogens (tertiary/aromatic N) is 4. The number of hydrogen-bond acceptors (Lipinski definition) is 3. The lowest BCUT2D eigenvalue weighted by Gasteiger charge is -2.07. The lowest BCUT2D eigenvalue weighted by molar-refractivity contribution is -0.141. The van der Waals surface area contributed by atoms with Gasteiger partial charge in [0, 0.05) is 14.1 Å². The normalized spacial score (nSPS) is 12.1. The molecule has 0 bridgehead atoms. The number of aryl methyl sites for hydroxylation is 1. The first-order valence-electron chi connectivity index (χ1n) is 4.42. The van der Waals surface area contributed by atoms with Crippen LogP contribution >= 0.6 is 0 Å². The van der Waals surface area contributed by atoms with Crippen molar-refractivity contribution in [1.82, 2.24) is 14.9 Å². The summed E-state index contributed by atoms with van der Waals surface area (Å²) in [6, 6.07) is 0. The predicted molar refractivity (Wildman–Crippen MR) is 53.6 cm³/mol. The van der Waals surface area contributed by atoms with Crippen molar-refractivity contribution in [1.29, 1.82) is 0 Å². The standard InChI is InChI=1S/C9H11F3N4/c1-6-8(14-5-16(2)3)13-4-7(15-6)9(10,11)12/h4-5H,1-3H3. The van der Waals surface area contributed by atoms with E-state index in [-0.39, 0.29) is 11.5 Å². The zero-order valence-corrected chi connectivity index (χ0v) is 9.08. The molecule has 1 aromatic rings. The average Bonchev–Trinajstić information content (AvgIpc) is 2.14. The van der Waals surface area contributed by atoms with Crippen molar-refractivity contribution in [3.63, 3.8) is 0 Å². The fourth-order valence-electron chi connectivity index (χ4n) is 0.909. The molecule has 7 heteroatoms. The van der Waals surface area contributed by atoms with Crippen molar-refractivity contribution in [3.05, 3.63) is 17.6 Å². The first kappa shape index (κ1) is 12.4. The Labute approximate surface area is 90.8 Å². The SMILES string of the molecule is Cc1nc(C(F)(F)F)cnc1N=CN(C)C. The maximum atomic E-state index is 12.3. The summed E-state index contributed by atoms with van der Waals surface area (Å²) >= 11 is 0. The minimum atomic E-state index is -4.47. The Morgan fingerprint density at radius 1 is 1.38 bits per heavy atom. The minimum absolute atomic E-state index is 0.146. The third kappa shape index (κ3) is 3.18. The molecular weight excluding hydrogens is 221 g/mol. The van der Waals surface area contributed by atoms with Crippen molar-refractivity contribution in [3.8, 4) is 0 Å². The van der Waals surface area contributed by atoms with Gasteiger partial charge >= 0.3 is 6.18 Å². The maximum Gasteiger partial charge on any atom is 0.434 e. The average molecular weight is 232 g/mol. The molecule has 0 aliphatic heterocycles. The van der Waals surface area contributed by atoms with E-state index in [9.17, 15) is 13.2 Å². The molecule has 0 saturated heterocycles. The van der Waals surface area contributed by atoms with Crippen molar-refractivity contribution in [2.45, 2.75) is 13.1 Å². The van der Waals surface area contributed by atoms with Crippen molar-refractivity contribution in [2.75, 3.05) is 14.1 Å². The molecule has 88 valence electrons. The zero-order chi connectivity index (χ0) is 12.3. The molecule has 0 aliphatic rings. The second-order valence-electron chi connectivity index (χ2n) is 3.37. The van der Waals surface area contributed by atoms with Gasteiger partial charge < -0.3 is 4.90 Å². The van der Waals surface area contributed by atoms with E-state index in [1.54, 1.807) is 19.0 Å². The summed E-state index contributed by atoms with van der Waals surface area (Å²) in [4.78, 5) is 12.6. The first-order chi connectivity index (χ1) is 7.30. The molecule has 0 N–H and O–H groups in total. The van der Waals surface area contributed by atoms with Crippen LogP contribution in [-0.4, -0.2) is 35.3 Å². The first-order valence-corrected chi connectivity index (χ1v) is 4.42. The molecule has 0 amide bonds. The topological polar surface area (TPSA) is 41.4 Å². The number of rotatable bonds is 2. The Morgan fingerprint density at radius 2 is 2.00 bits per heavy atom. The van der Waals surface area contributed by atoms with Crippen LogP contribution in [-0.2, 0) is 6.18 Å². The molecule has 0 saturated carbocycles. The van der Waals surface area contributed by atoms with E-state index in [0.29, 0.717) is 6.20 Å². The Hall–Kier alpha value is -1.66. The van der Waals surface area contributed by atoms with E-state index in [1.807, 2.05) is 0 Å². The van der Waals surface area contributed by atoms with Gasteiger partial charge in [-0.3, -0.25) is 0 Å². The van der Waals surface area contributed by atoms with Gasteiger partial charge in [-0.05, 0) is 6.92 Å². The third-order valence-corrected chi connectivity index (χ3v) is 1.62. The molecule has 1 aromatic heterocycles. The quantitative estimate of drug-likeness (QED) is 0.578. The number of aromatic nitrogens is 2. The van der Waals surface area contributed by atoms with Crippen LogP contribution in [0.15, 0.2) is 11.2 Å². The van der Waals surface area contributed by atoms with Crippen LogP contribution in [0, 0.1) is 6.92 Å². The number of halogens is 3. The number of aliphatic imine (C=N–C) groups is 1. The Kier molecular flexibility index (Phi) is 3.46. The van der Waals surface area contributed by atoms with Gasteiger partial charge in [0.2, 0.25) is 0 Å². The van der Waals surface area contributed by atoms with Gasteiger partial charge in [0.25, 0.3) is 0 Å². The molecule has 0 unspecified atom stereocenters. The molecule has 0 aromatic carbocycles. The van der Waals surface area contributed by atoms with Gasteiger partial charge in [-0.1, -0.05) is 0 Å². The molecule has 4 nitrogen and oxygen atoms in total. The van der Waals surface area contributed by atoms with E-state index >= 15 is 0 Å². The highest BCUT2D eigenvalue weighted by Gasteiger charge is 2.33. The summed E-state index contributed by atoms with van der Waals surface area (Å²) in [5, 5.41) is 0. The summed E-state index contributed by atoms with van der Waals surface area (Å²) in [6.45, 7) is 1.44. The fourth-order valence-corrected chi connectivity index (χ4v) is 0.909. The fraction of sp³-hybridized carbons (Fsp3) is 0.444. The van der Waals surface area contributed by atoms with Crippen molar-refractivity contribution < 1.29 is 13.2 Å². The minimum Gasteiger partial charge on any atom is -0.369 e. The van der Waals surface area contributed by atoms with Crippen LogP contribution in [0.1, 0.15) is 11.4 Å². The number of hydrogen-bond donors (Lipinski definition) is 0. The molecule has 0 aliphatic carbocycles. The summed E-state index contributed by atoms with van der Waals surface area (Å²) in [5.41, 5.74) is -0.860. The van der Waals surface area contributed by atoms with E-state index < -0.39 is 11.9 Å². The van der Waals surface area contributed by atoms with Crippen LogP contribution in [0.25, 0.3) is 0 Å². The van der Waals surface area contributed by atoms with Crippen LogP contribution in [0.2, 0.25) is 0 Å². The lowest BCUT2D eigenvalue weighted by atomic mass is 10.4. The van der Waals surface area contributed by atoms with Crippen molar-refractivity contribution >= 4 is 12.2 Å². The monoisotopic (exact) mass is 232 g/mol. The highest BCUT2D eigenvalue weighted by atomic mass is 19.4. The van der Waals surface area contributed by atoms with Gasteiger partial charge in [-0.25, -0.2) is 15.0 Å². The van der Waals surface area contributed by atoms with Crippen LogP contribution < -0.4 is 0 Å². The highest BCUT2D eigenvalue weighted by Crippen LogP contribution is 2.28. The third-order valence-electron chi connectivity index (χ3n) is 1.62. The second-order valence-corrected chi connectivity index (χ2v) is 3.37. The molecule has 0 radical (unpaired) electrons. The Bertz CT molecular complexity index is 398. The van der Waals surface area contributed by atoms with Gasteiger partial charge in [-0.15, -0.1) is 0 Å². The van der Waals surface area contributed by atoms with E-state index in [0.717, 1.165) is 0 Å². The van der Waals surface area contributed by atoms with Crippen LogP contribution in [0.3, 0.4) is 0 Å². The molecular formula is C9H11F3N4. The molecule has 1 rings (SSSR count). The molecule has 0 atom stereocenters. The van der Waals surface area contributed by atoms with E-state index in [4.69, 9.17) is 0 Å². The van der Waals surface area contributed by atoms with Gasteiger partial charge in [0.1, 0.15) is 0 Å². The van der Waals surface area contributed by atoms with E-state index in [2.05, 4.69) is 15.0 Å². The molecule has 0 spiro atoms. The maximum absolute atomic E-state index is 12.3. The smallest absolute Gasteiger partial charge is 0.369 e. The summed E-state index contributed by atoms with van der Waals surface area (Å²) in [6.07, 6.45) is -2.35. The highest BCUT2D eigenvalue weighted by molar-refractivity contribution is 5.59. The lowest BCUT2D eigenvalue weighted by Crippen LogP contribution is -2.10. The van der Waals surface area contributed by atoms with Gasteiger partial charge in [0.05, 0.1) is 18.2 Å². The van der Waals surface area contributed by atoms with Crippen LogP contribution in [0.4, 0.5) is 19.0 Å². The second kappa shape index (κ2) is 4.46. The Morgan fingerprint density at radius 3 is 2.44 bits per heavy atom. The van der Waals surface area contributed by atoms with Crippen molar-refractivity contribution in [2.24, 2.45) is 4.99 Å². The number of alkyl halides is 3. The Balaban J connectivity index is 3.01. The molecule has 16 heavy (non-hydrogen) atoms. The molecule has 0 fully saturated rings. The van der Waals surface area contributed by atoms with Crippen LogP contribution in [0.5, 0.6) is 0 Å². The summed E-state index contributed by atoms with van der Waals surface area (Å²) < 4.78 is 36.8. The van der Waals surface area contributed by atoms with E-state index in [1.165, 1.54) is 13.3 Å². The largest absolute Gasteiger partial charge is 0.434 e. The zero-order valence-electron chi connectivity index (χ0n) is 9.08.